The van der Waals surface area contributed by atoms with E-state index in [2.05, 4.69) is 32.7 Å². The fraction of sp³-hybridized carbons (Fsp3) is 0.516. The van der Waals surface area contributed by atoms with Crippen LogP contribution in [0.1, 0.15) is 72.9 Å². The third-order valence-corrected chi connectivity index (χ3v) is 11.8. The molecule has 5 nitrogen and oxygen atoms in total. The fourth-order valence-electron chi connectivity index (χ4n) is 4.18. The van der Waals surface area contributed by atoms with Gasteiger partial charge in [-0.1, -0.05) is 39.0 Å². The number of ether oxygens (including phenoxy) is 1. The van der Waals surface area contributed by atoms with Gasteiger partial charge < -0.3 is 19.6 Å². The fourth-order valence-corrected chi connectivity index (χ4v) is 5.87. The highest BCUT2D eigenvalue weighted by Gasteiger charge is 2.44. The quantitative estimate of drug-likeness (QED) is 0.232. The topological polar surface area (TPSA) is 67.8 Å². The van der Waals surface area contributed by atoms with Crippen LogP contribution in [0.3, 0.4) is 0 Å². The van der Waals surface area contributed by atoms with Crippen LogP contribution >= 0.6 is 0 Å². The molecule has 0 bridgehead atoms. The van der Waals surface area contributed by atoms with Crippen molar-refractivity contribution >= 4 is 14.4 Å². The average Bonchev–Trinajstić information content (AvgIpc) is 2.76. The molecule has 0 aliphatic heterocycles. The van der Waals surface area contributed by atoms with E-state index in [4.69, 9.17) is 9.16 Å². The zero-order chi connectivity index (χ0) is 30.9. The standard InChI is InChI=1S/C31H44F3NO4Si/c1-12-17-31(37,19-35-27(36)38-28(2,3)4)23-18-22(30(8,9)39-40(10,11)29(5,6)7)25(33)24(26(23)34)20-13-15-21(32)16-14-20/h12-16,18,37H,1,17,19H2,2-11H3,(H,35,36). The molecule has 0 heterocycles. The molecule has 0 fully saturated rings. The van der Waals surface area contributed by atoms with E-state index >= 15 is 8.78 Å². The minimum atomic E-state index is -2.46. The summed E-state index contributed by atoms with van der Waals surface area (Å²) in [6, 6.07) is 6.02. The highest BCUT2D eigenvalue weighted by atomic mass is 28.4. The Balaban J connectivity index is 2.82. The number of carbonyl (C=O) groups excluding carboxylic acids is 1. The Kier molecular flexibility index (Phi) is 9.82. The molecule has 0 aliphatic rings. The molecule has 9 heteroatoms. The van der Waals surface area contributed by atoms with Crippen LogP contribution in [0.15, 0.2) is 43.0 Å². The molecule has 2 aromatic rings. The highest BCUT2D eigenvalue weighted by Crippen LogP contribution is 2.45. The predicted octanol–water partition coefficient (Wildman–Crippen LogP) is 8.32. The molecule has 40 heavy (non-hydrogen) atoms. The normalized spacial score (nSPS) is 14.4. The summed E-state index contributed by atoms with van der Waals surface area (Å²) in [6.45, 7) is 21.9. The van der Waals surface area contributed by atoms with Crippen molar-refractivity contribution in [2.75, 3.05) is 6.54 Å². The number of hydrogen-bond acceptors (Lipinski definition) is 4. The molecule has 0 radical (unpaired) electrons. The van der Waals surface area contributed by atoms with Gasteiger partial charge in [-0.3, -0.25) is 0 Å². The lowest BCUT2D eigenvalue weighted by Gasteiger charge is -2.43. The molecule has 0 aromatic heterocycles. The van der Waals surface area contributed by atoms with Crippen molar-refractivity contribution in [1.29, 1.82) is 0 Å². The number of amides is 1. The average molecular weight is 580 g/mol. The Morgan fingerprint density at radius 3 is 1.98 bits per heavy atom. The number of alkyl carbamates (subject to hydrolysis) is 1. The highest BCUT2D eigenvalue weighted by molar-refractivity contribution is 6.74. The second-order valence-electron chi connectivity index (χ2n) is 13.2. The maximum atomic E-state index is 16.4. The molecule has 2 N–H and O–H groups in total. The zero-order valence-corrected chi connectivity index (χ0v) is 26.4. The van der Waals surface area contributed by atoms with Crippen LogP contribution in [0.2, 0.25) is 18.1 Å². The van der Waals surface area contributed by atoms with E-state index in [-0.39, 0.29) is 28.1 Å². The van der Waals surface area contributed by atoms with Gasteiger partial charge in [-0.15, -0.1) is 6.58 Å². The third kappa shape index (κ3) is 7.76. The maximum absolute atomic E-state index is 16.4. The Morgan fingerprint density at radius 2 is 1.50 bits per heavy atom. The van der Waals surface area contributed by atoms with Crippen molar-refractivity contribution in [3.63, 3.8) is 0 Å². The number of hydrogen-bond donors (Lipinski definition) is 2. The molecule has 1 unspecified atom stereocenters. The number of nitrogens with one attached hydrogen (secondary N) is 1. The van der Waals surface area contributed by atoms with E-state index in [1.807, 2.05) is 13.1 Å². The summed E-state index contributed by atoms with van der Waals surface area (Å²) in [5.41, 5.74) is -4.64. The van der Waals surface area contributed by atoms with Crippen LogP contribution in [0.4, 0.5) is 18.0 Å². The first-order valence-electron chi connectivity index (χ1n) is 13.3. The van der Waals surface area contributed by atoms with Gasteiger partial charge in [0.1, 0.15) is 28.7 Å². The van der Waals surface area contributed by atoms with Gasteiger partial charge in [0.2, 0.25) is 0 Å². The largest absolute Gasteiger partial charge is 0.444 e. The van der Waals surface area contributed by atoms with Gasteiger partial charge in [0.05, 0.1) is 17.7 Å². The number of halogens is 3. The van der Waals surface area contributed by atoms with Gasteiger partial charge in [-0.2, -0.15) is 0 Å². The summed E-state index contributed by atoms with van der Waals surface area (Å²) in [6.07, 6.45) is 0.406. The summed E-state index contributed by atoms with van der Waals surface area (Å²) in [5, 5.41) is 14.1. The molecular weight excluding hydrogens is 535 g/mol. The monoisotopic (exact) mass is 579 g/mol. The van der Waals surface area contributed by atoms with E-state index in [0.717, 1.165) is 12.1 Å². The summed E-state index contributed by atoms with van der Waals surface area (Å²) < 4.78 is 58.3. The van der Waals surface area contributed by atoms with Gasteiger partial charge in [-0.05, 0) is 82.9 Å². The first-order valence-corrected chi connectivity index (χ1v) is 16.2. The van der Waals surface area contributed by atoms with Crippen molar-refractivity contribution in [3.8, 4) is 11.1 Å². The van der Waals surface area contributed by atoms with E-state index in [9.17, 15) is 14.3 Å². The smallest absolute Gasteiger partial charge is 0.407 e. The number of rotatable bonds is 9. The lowest BCUT2D eigenvalue weighted by Crippen LogP contribution is -2.47. The van der Waals surface area contributed by atoms with E-state index in [1.54, 1.807) is 34.6 Å². The first kappa shape index (κ1) is 33.6. The molecule has 1 atom stereocenters. The molecule has 0 saturated heterocycles. The van der Waals surface area contributed by atoms with Gasteiger partial charge >= 0.3 is 6.09 Å². The summed E-state index contributed by atoms with van der Waals surface area (Å²) in [5.74, 6) is -2.48. The van der Waals surface area contributed by atoms with Crippen molar-refractivity contribution in [2.45, 2.75) is 96.7 Å². The van der Waals surface area contributed by atoms with Crippen LogP contribution in [0.5, 0.6) is 0 Å². The summed E-state index contributed by atoms with van der Waals surface area (Å²) in [4.78, 5) is 12.4. The van der Waals surface area contributed by atoms with Crippen molar-refractivity contribution in [3.05, 3.63) is 71.6 Å². The molecule has 0 spiro atoms. The minimum Gasteiger partial charge on any atom is -0.444 e. The first-order chi connectivity index (χ1) is 18.0. The minimum absolute atomic E-state index is 0.0211. The van der Waals surface area contributed by atoms with E-state index in [0.29, 0.717) is 0 Å². The van der Waals surface area contributed by atoms with E-state index < -0.39 is 60.8 Å². The van der Waals surface area contributed by atoms with Crippen molar-refractivity contribution < 1.29 is 32.2 Å². The van der Waals surface area contributed by atoms with Gasteiger partial charge in [0, 0.05) is 11.1 Å². The maximum Gasteiger partial charge on any atom is 0.407 e. The number of benzene rings is 2. The number of carbonyl (C=O) groups is 1. The van der Waals surface area contributed by atoms with Gasteiger partial charge in [0.15, 0.2) is 8.32 Å². The SMILES string of the molecule is C=CCC(O)(CNC(=O)OC(C)(C)C)c1cc(C(C)(C)O[Si](C)(C)C(C)(C)C)c(F)c(-c2ccc(F)cc2)c1F. The molecule has 0 aliphatic carbocycles. The molecule has 2 rings (SSSR count). The molecular formula is C31H44F3NO4Si. The van der Waals surface area contributed by atoms with Gasteiger partial charge in [0.25, 0.3) is 0 Å². The van der Waals surface area contributed by atoms with Gasteiger partial charge in [-0.25, -0.2) is 18.0 Å². The second-order valence-corrected chi connectivity index (χ2v) is 18.0. The lowest BCUT2D eigenvalue weighted by atomic mass is 9.83. The third-order valence-electron chi connectivity index (χ3n) is 7.21. The summed E-state index contributed by atoms with van der Waals surface area (Å²) in [7, 11) is -2.46. The van der Waals surface area contributed by atoms with Crippen LogP contribution in [0, 0.1) is 17.5 Å². The Bertz CT molecular complexity index is 1230. The molecule has 1 amide bonds. The Labute approximate surface area is 237 Å². The van der Waals surface area contributed by atoms with Crippen LogP contribution in [-0.4, -0.2) is 31.7 Å². The zero-order valence-electron chi connectivity index (χ0n) is 25.4. The molecule has 0 saturated carbocycles. The van der Waals surface area contributed by atoms with Crippen molar-refractivity contribution in [1.82, 2.24) is 5.32 Å². The molecule has 222 valence electrons. The second kappa shape index (κ2) is 11.7. The Morgan fingerprint density at radius 1 is 0.975 bits per heavy atom. The lowest BCUT2D eigenvalue weighted by molar-refractivity contribution is 0.0204. The van der Waals surface area contributed by atoms with Crippen LogP contribution in [0.25, 0.3) is 11.1 Å². The van der Waals surface area contributed by atoms with Crippen LogP contribution < -0.4 is 5.32 Å². The van der Waals surface area contributed by atoms with Crippen molar-refractivity contribution in [2.24, 2.45) is 0 Å². The van der Waals surface area contributed by atoms with Crippen LogP contribution in [-0.2, 0) is 20.4 Å². The number of aliphatic hydroxyl groups is 1. The molecule has 2 aromatic carbocycles. The predicted molar refractivity (Wildman–Crippen MR) is 156 cm³/mol. The Hall–Kier alpha value is -2.62. The summed E-state index contributed by atoms with van der Waals surface area (Å²) >= 11 is 0. The van der Waals surface area contributed by atoms with E-state index in [1.165, 1.54) is 24.3 Å².